The van der Waals surface area contributed by atoms with Gasteiger partial charge in [-0.1, -0.05) is 54.1 Å². The number of carbonyl (C=O) groups excluding carboxylic acids is 1. The summed E-state index contributed by atoms with van der Waals surface area (Å²) in [6, 6.07) is 16.8. The van der Waals surface area contributed by atoms with Gasteiger partial charge in [-0.3, -0.25) is 4.79 Å². The predicted molar refractivity (Wildman–Crippen MR) is 107 cm³/mol. The molecule has 3 aliphatic carbocycles. The van der Waals surface area contributed by atoms with Crippen LogP contribution in [0.1, 0.15) is 42.9 Å². The Hall–Kier alpha value is -2.61. The number of fused-ring (bicyclic) bond motifs is 4. The van der Waals surface area contributed by atoms with Crippen LogP contribution in [0.2, 0.25) is 0 Å². The third-order valence-electron chi connectivity index (χ3n) is 6.63. The Morgan fingerprint density at radius 2 is 1.93 bits per heavy atom. The van der Waals surface area contributed by atoms with Crippen LogP contribution in [0.25, 0.3) is 5.57 Å². The topological polar surface area (TPSA) is 26.3 Å². The highest BCUT2D eigenvalue weighted by Crippen LogP contribution is 2.53. The summed E-state index contributed by atoms with van der Waals surface area (Å²) in [7, 11) is 0. The molecule has 2 nitrogen and oxygen atoms in total. The number of ketones is 1. The summed E-state index contributed by atoms with van der Waals surface area (Å²) >= 11 is 0. The smallest absolute Gasteiger partial charge is 0.143 e. The number of Topliss-reactive ketones (excluding diaryl/α,β-unsaturated/α-hetero) is 1. The van der Waals surface area contributed by atoms with E-state index in [-0.39, 0.29) is 5.41 Å². The zero-order valence-corrected chi connectivity index (χ0v) is 15.7. The molecule has 0 radical (unpaired) electrons. The molecule has 0 spiro atoms. The van der Waals surface area contributed by atoms with E-state index in [0.29, 0.717) is 18.3 Å². The maximum atomic E-state index is 12.4. The minimum atomic E-state index is -0.269. The zero-order chi connectivity index (χ0) is 18.4. The Labute approximate surface area is 160 Å². The molecule has 0 N–H and O–H groups in total. The van der Waals surface area contributed by atoms with Crippen molar-refractivity contribution in [2.24, 2.45) is 11.3 Å². The molecule has 2 heteroatoms. The molecule has 136 valence electrons. The highest BCUT2D eigenvalue weighted by molar-refractivity contribution is 5.93. The lowest BCUT2D eigenvalue weighted by Gasteiger charge is -2.37. The van der Waals surface area contributed by atoms with Crippen molar-refractivity contribution in [1.29, 1.82) is 0 Å². The van der Waals surface area contributed by atoms with Crippen LogP contribution in [-0.4, -0.2) is 5.78 Å². The molecule has 0 heterocycles. The minimum Gasteiger partial charge on any atom is -0.489 e. The van der Waals surface area contributed by atoms with Crippen LogP contribution in [0.5, 0.6) is 5.75 Å². The van der Waals surface area contributed by atoms with Gasteiger partial charge in [0, 0.05) is 6.42 Å². The lowest BCUT2D eigenvalue weighted by Crippen LogP contribution is -2.31. The molecule has 0 aliphatic heterocycles. The number of rotatable bonds is 3. The van der Waals surface area contributed by atoms with E-state index < -0.39 is 0 Å². The normalized spacial score (nSPS) is 25.8. The molecule has 2 atom stereocenters. The first-order chi connectivity index (χ1) is 13.1. The average molecular weight is 356 g/mol. The number of aryl methyl sites for hydroxylation is 1. The first-order valence-electron chi connectivity index (χ1n) is 9.91. The molecule has 1 saturated carbocycles. The van der Waals surface area contributed by atoms with E-state index in [1.807, 2.05) is 18.2 Å². The number of ether oxygens (including phenoxy) is 1. The highest BCUT2D eigenvalue weighted by Gasteiger charge is 2.48. The van der Waals surface area contributed by atoms with E-state index >= 15 is 0 Å². The van der Waals surface area contributed by atoms with E-state index in [2.05, 4.69) is 49.4 Å². The molecule has 0 saturated heterocycles. The largest absolute Gasteiger partial charge is 0.489 e. The van der Waals surface area contributed by atoms with Gasteiger partial charge in [0.05, 0.1) is 5.41 Å². The maximum absolute atomic E-state index is 12.4. The quantitative estimate of drug-likeness (QED) is 0.724. The predicted octanol–water partition coefficient (Wildman–Crippen LogP) is 5.52. The van der Waals surface area contributed by atoms with Gasteiger partial charge in [0.15, 0.2) is 0 Å². The molecule has 3 aliphatic rings. The standard InChI is InChI=1S/C25H24O2/c1-25-14-13-21-20-10-8-19(27-16-17-5-3-2-4-6-17)15-18(20)7-9-22(21)23(25)11-12-24(25)26/h2-6,8,10,13-15,23H,7,9,11-12,16H2,1H3/t23-,25-/m0/s1. The van der Waals surface area contributed by atoms with E-state index in [1.54, 1.807) is 0 Å². The van der Waals surface area contributed by atoms with Crippen molar-refractivity contribution in [3.63, 3.8) is 0 Å². The zero-order valence-electron chi connectivity index (χ0n) is 15.7. The summed E-state index contributed by atoms with van der Waals surface area (Å²) in [4.78, 5) is 12.4. The summed E-state index contributed by atoms with van der Waals surface area (Å²) in [6.07, 6.45) is 8.19. The van der Waals surface area contributed by atoms with Crippen LogP contribution in [0.3, 0.4) is 0 Å². The highest BCUT2D eigenvalue weighted by atomic mass is 16.5. The van der Waals surface area contributed by atoms with E-state index in [4.69, 9.17) is 4.74 Å². The fourth-order valence-corrected chi connectivity index (χ4v) is 5.05. The molecule has 0 unspecified atom stereocenters. The Morgan fingerprint density at radius 3 is 2.78 bits per heavy atom. The lowest BCUT2D eigenvalue weighted by atomic mass is 9.66. The number of hydrogen-bond acceptors (Lipinski definition) is 2. The SMILES string of the molecule is C[C@]12C=CC3=C(CCc4cc(OCc5ccccc5)ccc43)[C@@H]1CCC2=O. The molecule has 1 fully saturated rings. The van der Waals surface area contributed by atoms with Gasteiger partial charge in [-0.15, -0.1) is 0 Å². The summed E-state index contributed by atoms with van der Waals surface area (Å²) in [5.74, 6) is 1.74. The third kappa shape index (κ3) is 2.66. The lowest BCUT2D eigenvalue weighted by molar-refractivity contribution is -0.123. The Bertz CT molecular complexity index is 967. The number of benzene rings is 2. The summed E-state index contributed by atoms with van der Waals surface area (Å²) < 4.78 is 6.01. The molecular formula is C25H24O2. The van der Waals surface area contributed by atoms with Gasteiger partial charge in [-0.05, 0) is 66.5 Å². The van der Waals surface area contributed by atoms with Crippen LogP contribution in [0.15, 0.2) is 66.3 Å². The second-order valence-electron chi connectivity index (χ2n) is 8.16. The Kier molecular flexibility index (Phi) is 3.82. The van der Waals surface area contributed by atoms with Crippen molar-refractivity contribution >= 4 is 11.4 Å². The van der Waals surface area contributed by atoms with Crippen LogP contribution in [0, 0.1) is 11.3 Å². The van der Waals surface area contributed by atoms with Gasteiger partial charge in [-0.25, -0.2) is 0 Å². The van der Waals surface area contributed by atoms with E-state index in [0.717, 1.165) is 31.4 Å². The van der Waals surface area contributed by atoms with Gasteiger partial charge in [0.1, 0.15) is 18.1 Å². The van der Waals surface area contributed by atoms with Gasteiger partial charge in [0.25, 0.3) is 0 Å². The molecule has 0 aromatic heterocycles. The molecule has 0 bridgehead atoms. The minimum absolute atomic E-state index is 0.269. The number of hydrogen-bond donors (Lipinski definition) is 0. The maximum Gasteiger partial charge on any atom is 0.143 e. The van der Waals surface area contributed by atoms with Crippen molar-refractivity contribution < 1.29 is 9.53 Å². The van der Waals surface area contributed by atoms with Gasteiger partial charge >= 0.3 is 0 Å². The summed E-state index contributed by atoms with van der Waals surface area (Å²) in [5.41, 5.74) is 6.44. The fourth-order valence-electron chi connectivity index (χ4n) is 5.05. The van der Waals surface area contributed by atoms with Crippen LogP contribution in [-0.2, 0) is 17.8 Å². The second-order valence-corrected chi connectivity index (χ2v) is 8.16. The molecule has 5 rings (SSSR count). The van der Waals surface area contributed by atoms with Crippen molar-refractivity contribution in [1.82, 2.24) is 0 Å². The van der Waals surface area contributed by atoms with Gasteiger partial charge < -0.3 is 4.74 Å². The molecule has 2 aromatic carbocycles. The summed E-state index contributed by atoms with van der Waals surface area (Å²) in [5, 5.41) is 0. The monoisotopic (exact) mass is 356 g/mol. The Balaban J connectivity index is 1.42. The molecule has 0 amide bonds. The van der Waals surface area contributed by atoms with Crippen molar-refractivity contribution in [3.05, 3.63) is 82.9 Å². The van der Waals surface area contributed by atoms with Crippen molar-refractivity contribution in [3.8, 4) is 5.75 Å². The van der Waals surface area contributed by atoms with E-state index in [1.165, 1.54) is 27.8 Å². The van der Waals surface area contributed by atoms with Gasteiger partial charge in [0.2, 0.25) is 0 Å². The first-order valence-corrected chi connectivity index (χ1v) is 9.91. The van der Waals surface area contributed by atoms with E-state index in [9.17, 15) is 4.79 Å². The number of carbonyl (C=O) groups is 1. The second kappa shape index (κ2) is 6.23. The summed E-state index contributed by atoms with van der Waals surface area (Å²) in [6.45, 7) is 2.72. The van der Waals surface area contributed by atoms with Crippen LogP contribution < -0.4 is 4.74 Å². The molecule has 27 heavy (non-hydrogen) atoms. The fraction of sp³-hybridized carbons (Fsp3) is 0.320. The molecule has 2 aromatic rings. The average Bonchev–Trinajstić information content (AvgIpc) is 3.01. The van der Waals surface area contributed by atoms with Crippen LogP contribution >= 0.6 is 0 Å². The first kappa shape index (κ1) is 16.6. The van der Waals surface area contributed by atoms with Gasteiger partial charge in [-0.2, -0.15) is 0 Å². The third-order valence-corrected chi connectivity index (χ3v) is 6.63. The van der Waals surface area contributed by atoms with Crippen molar-refractivity contribution in [2.75, 3.05) is 0 Å². The van der Waals surface area contributed by atoms with Crippen LogP contribution in [0.4, 0.5) is 0 Å². The Morgan fingerprint density at radius 1 is 1.07 bits per heavy atom. The molecular weight excluding hydrogens is 332 g/mol. The van der Waals surface area contributed by atoms with Crippen molar-refractivity contribution in [2.45, 2.75) is 39.2 Å². The number of allylic oxidation sites excluding steroid dienone is 4.